The zero-order valence-corrected chi connectivity index (χ0v) is 12.4. The Hall–Kier alpha value is -2.84. The number of carbonyl (C=O) groups excluding carboxylic acids is 1. The van der Waals surface area contributed by atoms with Crippen LogP contribution in [0.2, 0.25) is 0 Å². The monoisotopic (exact) mass is 291 g/mol. The number of nitrogens with zero attached hydrogens (tertiary/aromatic N) is 3. The van der Waals surface area contributed by atoms with Crippen LogP contribution < -0.4 is 0 Å². The van der Waals surface area contributed by atoms with Gasteiger partial charge < -0.3 is 0 Å². The van der Waals surface area contributed by atoms with E-state index in [0.29, 0.717) is 17.6 Å². The number of ketones is 1. The van der Waals surface area contributed by atoms with Crippen LogP contribution in [-0.4, -0.2) is 12.3 Å². The van der Waals surface area contributed by atoms with Crippen LogP contribution >= 0.6 is 0 Å². The number of hydrogen-bond acceptors (Lipinski definition) is 2. The van der Waals surface area contributed by atoms with Crippen LogP contribution in [0.5, 0.6) is 0 Å². The Morgan fingerprint density at radius 2 is 1.82 bits per heavy atom. The Balaban J connectivity index is 2.31. The van der Waals surface area contributed by atoms with Crippen molar-refractivity contribution in [3.63, 3.8) is 0 Å². The third-order valence-electron chi connectivity index (χ3n) is 3.29. The zero-order valence-electron chi connectivity index (χ0n) is 12.4. The first kappa shape index (κ1) is 15.5. The van der Waals surface area contributed by atoms with Crippen molar-refractivity contribution in [2.75, 3.05) is 6.54 Å². The lowest BCUT2D eigenvalue weighted by atomic mass is 9.98. The van der Waals surface area contributed by atoms with Crippen molar-refractivity contribution in [2.24, 2.45) is 5.11 Å². The van der Waals surface area contributed by atoms with Gasteiger partial charge in [-0.3, -0.25) is 4.79 Å². The largest absolute Gasteiger partial charge is 0.289 e. The summed E-state index contributed by atoms with van der Waals surface area (Å²) in [6, 6.07) is 17.1. The summed E-state index contributed by atoms with van der Waals surface area (Å²) in [5.74, 6) is -0.0330. The van der Waals surface area contributed by atoms with E-state index in [-0.39, 0.29) is 12.3 Å². The number of carbonyl (C=O) groups is 1. The van der Waals surface area contributed by atoms with E-state index in [1.165, 1.54) is 5.56 Å². The summed E-state index contributed by atoms with van der Waals surface area (Å²) in [4.78, 5) is 15.4. The van der Waals surface area contributed by atoms with E-state index >= 15 is 0 Å². The number of hydrogen-bond donors (Lipinski definition) is 0. The van der Waals surface area contributed by atoms with Gasteiger partial charge in [0.1, 0.15) is 0 Å². The summed E-state index contributed by atoms with van der Waals surface area (Å²) in [6.45, 7) is 2.29. The molecule has 0 aliphatic rings. The van der Waals surface area contributed by atoms with Gasteiger partial charge in [-0.1, -0.05) is 65.3 Å². The van der Waals surface area contributed by atoms with Gasteiger partial charge in [0.2, 0.25) is 0 Å². The van der Waals surface area contributed by atoms with E-state index in [9.17, 15) is 4.79 Å². The van der Waals surface area contributed by atoms with Crippen molar-refractivity contribution in [1.82, 2.24) is 0 Å². The molecule has 0 amide bonds. The molecule has 0 saturated carbocycles. The smallest absolute Gasteiger partial charge is 0.189 e. The topological polar surface area (TPSA) is 65.8 Å². The molecule has 22 heavy (non-hydrogen) atoms. The van der Waals surface area contributed by atoms with Crippen LogP contribution in [0.1, 0.15) is 27.9 Å². The molecule has 2 rings (SSSR count). The SMILES string of the molecule is Cc1ccc(/C=C(\CCN=[N+]=[N-])C(=O)c2ccccc2)cc1. The highest BCUT2D eigenvalue weighted by molar-refractivity contribution is 6.11. The first-order valence-electron chi connectivity index (χ1n) is 7.08. The first-order chi connectivity index (χ1) is 10.7. The second-order valence-electron chi connectivity index (χ2n) is 4.98. The van der Waals surface area contributed by atoms with Gasteiger partial charge in [-0.25, -0.2) is 0 Å². The summed E-state index contributed by atoms with van der Waals surface area (Å²) in [6.07, 6.45) is 2.29. The molecule has 0 radical (unpaired) electrons. The van der Waals surface area contributed by atoms with Crippen LogP contribution in [0.15, 0.2) is 65.3 Å². The molecule has 0 heterocycles. The summed E-state index contributed by atoms with van der Waals surface area (Å²) < 4.78 is 0. The predicted octanol–water partition coefficient (Wildman–Crippen LogP) is 4.96. The molecule has 2 aromatic carbocycles. The summed E-state index contributed by atoms with van der Waals surface area (Å²) in [5, 5.41) is 3.53. The van der Waals surface area contributed by atoms with Crippen molar-refractivity contribution in [3.05, 3.63) is 87.3 Å². The van der Waals surface area contributed by atoms with E-state index in [4.69, 9.17) is 5.53 Å². The van der Waals surface area contributed by atoms with Gasteiger partial charge in [-0.05, 0) is 30.5 Å². The van der Waals surface area contributed by atoms with Gasteiger partial charge >= 0.3 is 0 Å². The number of rotatable bonds is 6. The molecule has 0 N–H and O–H groups in total. The quantitative estimate of drug-likeness (QED) is 0.244. The average Bonchev–Trinajstić information content (AvgIpc) is 2.56. The minimum atomic E-state index is -0.0330. The summed E-state index contributed by atoms with van der Waals surface area (Å²) in [7, 11) is 0. The fourth-order valence-electron chi connectivity index (χ4n) is 2.11. The Bertz CT molecular complexity index is 712. The molecule has 4 nitrogen and oxygen atoms in total. The van der Waals surface area contributed by atoms with Crippen LogP contribution in [-0.2, 0) is 0 Å². The third kappa shape index (κ3) is 4.33. The normalized spacial score (nSPS) is 10.9. The highest BCUT2D eigenvalue weighted by Crippen LogP contribution is 2.16. The summed E-state index contributed by atoms with van der Waals surface area (Å²) in [5.41, 5.74) is 11.8. The molecule has 2 aromatic rings. The maximum Gasteiger partial charge on any atom is 0.189 e. The molecule has 0 fully saturated rings. The molecule has 0 aliphatic carbocycles. The lowest BCUT2D eigenvalue weighted by Crippen LogP contribution is -2.04. The van der Waals surface area contributed by atoms with Crippen molar-refractivity contribution in [1.29, 1.82) is 0 Å². The molecular weight excluding hydrogens is 274 g/mol. The molecule has 110 valence electrons. The molecule has 0 atom stereocenters. The molecule has 4 heteroatoms. The lowest BCUT2D eigenvalue weighted by Gasteiger charge is -2.06. The zero-order chi connectivity index (χ0) is 15.8. The average molecular weight is 291 g/mol. The van der Waals surface area contributed by atoms with Gasteiger partial charge in [-0.2, -0.15) is 0 Å². The standard InChI is InChI=1S/C18H17N3O/c1-14-7-9-15(10-8-14)13-17(11-12-20-21-19)18(22)16-5-3-2-4-6-16/h2-10,13H,11-12H2,1H3/b17-13+. The van der Waals surface area contributed by atoms with Crippen molar-refractivity contribution in [3.8, 4) is 0 Å². The fourth-order valence-corrected chi connectivity index (χ4v) is 2.11. The Kier molecular flexibility index (Phi) is 5.52. The van der Waals surface area contributed by atoms with E-state index in [1.807, 2.05) is 55.5 Å². The molecule has 0 spiro atoms. The van der Waals surface area contributed by atoms with Gasteiger partial charge in [0.05, 0.1) is 0 Å². The Morgan fingerprint density at radius 1 is 1.14 bits per heavy atom. The molecule has 0 aliphatic heterocycles. The van der Waals surface area contributed by atoms with Crippen LogP contribution in [0.3, 0.4) is 0 Å². The lowest BCUT2D eigenvalue weighted by molar-refractivity contribution is 0.103. The van der Waals surface area contributed by atoms with E-state index < -0.39 is 0 Å². The van der Waals surface area contributed by atoms with E-state index in [0.717, 1.165) is 5.56 Å². The second-order valence-corrected chi connectivity index (χ2v) is 4.98. The second kappa shape index (κ2) is 7.81. The fraction of sp³-hybridized carbons (Fsp3) is 0.167. The number of benzene rings is 2. The summed E-state index contributed by atoms with van der Waals surface area (Å²) >= 11 is 0. The van der Waals surface area contributed by atoms with Crippen molar-refractivity contribution >= 4 is 11.9 Å². The molecule has 0 bridgehead atoms. The Morgan fingerprint density at radius 3 is 2.45 bits per heavy atom. The van der Waals surface area contributed by atoms with Crippen molar-refractivity contribution < 1.29 is 4.79 Å². The van der Waals surface area contributed by atoms with Gasteiger partial charge in [-0.15, -0.1) is 0 Å². The number of Topliss-reactive ketones (excluding diaryl/α,β-unsaturated/α-hetero) is 1. The van der Waals surface area contributed by atoms with Crippen LogP contribution in [0.25, 0.3) is 16.5 Å². The predicted molar refractivity (Wildman–Crippen MR) is 88.6 cm³/mol. The van der Waals surface area contributed by atoms with E-state index in [1.54, 1.807) is 12.1 Å². The number of aryl methyl sites for hydroxylation is 1. The highest BCUT2D eigenvalue weighted by atomic mass is 16.1. The van der Waals surface area contributed by atoms with Crippen LogP contribution in [0.4, 0.5) is 0 Å². The maximum absolute atomic E-state index is 12.6. The molecule has 0 unspecified atom stereocenters. The minimum absolute atomic E-state index is 0.0330. The molecule has 0 aromatic heterocycles. The molecule has 0 saturated heterocycles. The van der Waals surface area contributed by atoms with E-state index in [2.05, 4.69) is 10.0 Å². The third-order valence-corrected chi connectivity index (χ3v) is 3.29. The van der Waals surface area contributed by atoms with Gasteiger partial charge in [0.15, 0.2) is 5.78 Å². The number of azide groups is 1. The maximum atomic E-state index is 12.6. The van der Waals surface area contributed by atoms with Crippen molar-refractivity contribution in [2.45, 2.75) is 13.3 Å². The minimum Gasteiger partial charge on any atom is -0.289 e. The highest BCUT2D eigenvalue weighted by Gasteiger charge is 2.11. The van der Waals surface area contributed by atoms with Crippen LogP contribution in [0, 0.1) is 6.92 Å². The van der Waals surface area contributed by atoms with Gasteiger partial charge in [0, 0.05) is 22.6 Å². The Labute approximate surface area is 129 Å². The first-order valence-corrected chi connectivity index (χ1v) is 7.08. The van der Waals surface area contributed by atoms with Gasteiger partial charge in [0.25, 0.3) is 0 Å². The molecular formula is C18H17N3O.